The van der Waals surface area contributed by atoms with Crippen molar-refractivity contribution in [3.8, 4) is 5.69 Å². The second-order valence-electron chi connectivity index (χ2n) is 7.32. The van der Waals surface area contributed by atoms with Crippen molar-refractivity contribution in [1.29, 1.82) is 0 Å². The fourth-order valence-electron chi connectivity index (χ4n) is 3.74. The summed E-state index contributed by atoms with van der Waals surface area (Å²) >= 11 is 0. The van der Waals surface area contributed by atoms with E-state index in [1.54, 1.807) is 0 Å². The first-order chi connectivity index (χ1) is 14.2. The molecule has 0 saturated carbocycles. The number of nitrogens with one attached hydrogen (secondary N) is 1. The molecule has 0 aliphatic carbocycles. The number of rotatable bonds is 3. The molecular weight excluding hydrogens is 401 g/mol. The van der Waals surface area contributed by atoms with E-state index in [2.05, 4.69) is 20.3 Å². The van der Waals surface area contributed by atoms with Crippen molar-refractivity contribution in [3.63, 3.8) is 0 Å². The quantitative estimate of drug-likeness (QED) is 0.673. The van der Waals surface area contributed by atoms with E-state index < -0.39 is 17.7 Å². The average molecular weight is 420 g/mol. The number of fused-ring (bicyclic) bond motifs is 1. The number of hydrogen-bond donors (Lipinski definition) is 2. The van der Waals surface area contributed by atoms with Crippen LogP contribution in [0.15, 0.2) is 31.0 Å². The summed E-state index contributed by atoms with van der Waals surface area (Å²) in [5.74, 6) is -1.10. The molecule has 8 nitrogen and oxygen atoms in total. The maximum absolute atomic E-state index is 14.0. The molecule has 30 heavy (non-hydrogen) atoms. The third-order valence-electron chi connectivity index (χ3n) is 5.19. The number of halogens is 3. The lowest BCUT2D eigenvalue weighted by molar-refractivity contribution is -0.136. The van der Waals surface area contributed by atoms with Crippen molar-refractivity contribution in [2.24, 2.45) is 0 Å². The molecule has 3 aromatic rings. The molecule has 0 aromatic carbocycles. The summed E-state index contributed by atoms with van der Waals surface area (Å²) in [6, 6.07) is 1.22. The summed E-state index contributed by atoms with van der Waals surface area (Å²) < 4.78 is 43.1. The van der Waals surface area contributed by atoms with Crippen LogP contribution in [-0.2, 0) is 6.18 Å². The van der Waals surface area contributed by atoms with Crippen LogP contribution >= 0.6 is 0 Å². The number of aromatic nitrogens is 4. The average Bonchev–Trinajstić information content (AvgIpc) is 3.10. The topological polar surface area (TPSA) is 96.2 Å². The number of nitrogens with zero attached hydrogens (tertiary/aromatic N) is 5. The van der Waals surface area contributed by atoms with Crippen LogP contribution in [0.2, 0.25) is 0 Å². The van der Waals surface area contributed by atoms with Crippen molar-refractivity contribution < 1.29 is 23.1 Å². The van der Waals surface area contributed by atoms with E-state index >= 15 is 0 Å². The molecule has 0 spiro atoms. The highest BCUT2D eigenvalue weighted by molar-refractivity contribution is 5.96. The maximum Gasteiger partial charge on any atom is 0.418 e. The Balaban J connectivity index is 2.01. The maximum atomic E-state index is 14.0. The zero-order valence-corrected chi connectivity index (χ0v) is 16.2. The van der Waals surface area contributed by atoms with Gasteiger partial charge in [0.25, 0.3) is 0 Å². The minimum absolute atomic E-state index is 0.00289. The van der Waals surface area contributed by atoms with Gasteiger partial charge in [0.2, 0.25) is 0 Å². The van der Waals surface area contributed by atoms with Gasteiger partial charge in [0, 0.05) is 37.6 Å². The molecule has 1 fully saturated rings. The number of anilines is 1. The van der Waals surface area contributed by atoms with E-state index in [-0.39, 0.29) is 40.2 Å². The highest BCUT2D eigenvalue weighted by Gasteiger charge is 2.38. The van der Waals surface area contributed by atoms with E-state index in [0.717, 1.165) is 10.8 Å². The van der Waals surface area contributed by atoms with Crippen LogP contribution in [0.3, 0.4) is 0 Å². The van der Waals surface area contributed by atoms with Gasteiger partial charge in [0.15, 0.2) is 5.65 Å². The number of pyridine rings is 1. The molecule has 0 bridgehead atoms. The predicted molar refractivity (Wildman–Crippen MR) is 103 cm³/mol. The van der Waals surface area contributed by atoms with E-state index in [9.17, 15) is 23.1 Å². The summed E-state index contributed by atoms with van der Waals surface area (Å²) in [5, 5.41) is 12.6. The normalized spacial score (nSPS) is 20.0. The minimum Gasteiger partial charge on any atom is -0.478 e. The fourth-order valence-corrected chi connectivity index (χ4v) is 3.74. The van der Waals surface area contributed by atoms with Gasteiger partial charge in [-0.3, -0.25) is 9.55 Å². The predicted octanol–water partition coefficient (Wildman–Crippen LogP) is 2.72. The molecule has 0 amide bonds. The monoisotopic (exact) mass is 420 g/mol. The summed E-state index contributed by atoms with van der Waals surface area (Å²) in [4.78, 5) is 25.6. The third-order valence-corrected chi connectivity index (χ3v) is 5.19. The van der Waals surface area contributed by atoms with Crippen LogP contribution < -0.4 is 10.2 Å². The molecule has 2 atom stereocenters. The first-order valence-corrected chi connectivity index (χ1v) is 9.29. The Hall–Kier alpha value is -3.21. The molecule has 3 aromatic heterocycles. The lowest BCUT2D eigenvalue weighted by atomic mass is 10.1. The molecule has 1 saturated heterocycles. The Morgan fingerprint density at radius 3 is 2.77 bits per heavy atom. The Morgan fingerprint density at radius 1 is 1.30 bits per heavy atom. The minimum atomic E-state index is -4.68. The standard InChI is InChI=1S/C19H19F3N6O2/c1-10-7-27(11(2)5-24-10)16-15-13(19(20,21)22)8-28(17(15)26-9-25-16)14-6-23-4-3-12(14)18(29)30/h3-4,6,8-11,24H,5,7H2,1-2H3,(H,29,30)/t10-,11-/m1/s1. The molecule has 4 rings (SSSR count). The molecule has 11 heteroatoms. The van der Waals surface area contributed by atoms with Crippen LogP contribution in [0.25, 0.3) is 16.7 Å². The van der Waals surface area contributed by atoms with Gasteiger partial charge in [-0.1, -0.05) is 0 Å². The van der Waals surface area contributed by atoms with Gasteiger partial charge in [-0.2, -0.15) is 13.2 Å². The highest BCUT2D eigenvalue weighted by Crippen LogP contribution is 2.41. The van der Waals surface area contributed by atoms with Gasteiger partial charge >= 0.3 is 12.1 Å². The Kier molecular flexibility index (Phi) is 4.85. The Labute approximate surface area is 169 Å². The van der Waals surface area contributed by atoms with Gasteiger partial charge in [0.05, 0.1) is 28.4 Å². The second kappa shape index (κ2) is 7.24. The second-order valence-corrected chi connectivity index (χ2v) is 7.32. The summed E-state index contributed by atoms with van der Waals surface area (Å²) in [7, 11) is 0. The molecule has 1 aliphatic heterocycles. The SMILES string of the molecule is C[C@@H]1CN(c2ncnc3c2c(C(F)(F)F)cn3-c2cnccc2C(=O)O)[C@H](C)CN1. The largest absolute Gasteiger partial charge is 0.478 e. The summed E-state index contributed by atoms with van der Waals surface area (Å²) in [5.41, 5.74) is -1.13. The third kappa shape index (κ3) is 3.34. The van der Waals surface area contributed by atoms with E-state index in [4.69, 9.17) is 0 Å². The molecular formula is C19H19F3N6O2. The van der Waals surface area contributed by atoms with Crippen molar-refractivity contribution in [2.45, 2.75) is 32.1 Å². The Morgan fingerprint density at radius 2 is 2.07 bits per heavy atom. The Bertz CT molecular complexity index is 1110. The molecule has 0 unspecified atom stereocenters. The van der Waals surface area contributed by atoms with Gasteiger partial charge < -0.3 is 15.3 Å². The number of carboxylic acid groups (broad SMARTS) is 1. The molecule has 2 N–H and O–H groups in total. The number of aromatic carboxylic acids is 1. The highest BCUT2D eigenvalue weighted by atomic mass is 19.4. The van der Waals surface area contributed by atoms with Crippen molar-refractivity contribution in [2.75, 3.05) is 18.0 Å². The zero-order valence-electron chi connectivity index (χ0n) is 16.2. The smallest absolute Gasteiger partial charge is 0.418 e. The van der Waals surface area contributed by atoms with Gasteiger partial charge in [0.1, 0.15) is 12.1 Å². The number of alkyl halides is 3. The first kappa shape index (κ1) is 20.1. The van der Waals surface area contributed by atoms with Crippen LogP contribution in [0.1, 0.15) is 29.8 Å². The molecule has 0 radical (unpaired) electrons. The van der Waals surface area contributed by atoms with Crippen LogP contribution in [0, 0.1) is 0 Å². The van der Waals surface area contributed by atoms with E-state index in [1.807, 2.05) is 18.7 Å². The number of hydrogen-bond acceptors (Lipinski definition) is 6. The van der Waals surface area contributed by atoms with Gasteiger partial charge in [-0.15, -0.1) is 0 Å². The number of piperazine rings is 1. The lowest BCUT2D eigenvalue weighted by Crippen LogP contribution is -2.54. The van der Waals surface area contributed by atoms with Crippen LogP contribution in [-0.4, -0.2) is 55.8 Å². The summed E-state index contributed by atoms with van der Waals surface area (Å²) in [6.45, 7) is 4.92. The first-order valence-electron chi connectivity index (χ1n) is 9.29. The van der Waals surface area contributed by atoms with Crippen molar-refractivity contribution in [1.82, 2.24) is 24.8 Å². The van der Waals surface area contributed by atoms with Crippen molar-refractivity contribution >= 4 is 22.8 Å². The number of carboxylic acids is 1. The van der Waals surface area contributed by atoms with E-state index in [0.29, 0.717) is 13.1 Å². The van der Waals surface area contributed by atoms with Crippen LogP contribution in [0.4, 0.5) is 19.0 Å². The molecule has 1 aliphatic rings. The van der Waals surface area contributed by atoms with Gasteiger partial charge in [-0.05, 0) is 19.9 Å². The fraction of sp³-hybridized carbons (Fsp3) is 0.368. The van der Waals surface area contributed by atoms with Crippen molar-refractivity contribution in [3.05, 3.63) is 42.1 Å². The van der Waals surface area contributed by atoms with E-state index in [1.165, 1.54) is 24.8 Å². The van der Waals surface area contributed by atoms with Gasteiger partial charge in [-0.25, -0.2) is 14.8 Å². The number of carbonyl (C=O) groups is 1. The zero-order chi connectivity index (χ0) is 21.6. The summed E-state index contributed by atoms with van der Waals surface area (Å²) in [6.07, 6.45) is -0.140. The molecule has 158 valence electrons. The van der Waals surface area contributed by atoms with Crippen LogP contribution in [0.5, 0.6) is 0 Å². The lowest BCUT2D eigenvalue weighted by Gasteiger charge is -2.38. The molecule has 4 heterocycles.